The van der Waals surface area contributed by atoms with Gasteiger partial charge in [-0.2, -0.15) is 0 Å². The Labute approximate surface area is 75.9 Å². The lowest BCUT2D eigenvalue weighted by Crippen LogP contribution is -2.39. The van der Waals surface area contributed by atoms with Crippen molar-refractivity contribution >= 4 is 0 Å². The zero-order valence-corrected chi connectivity index (χ0v) is 8.86. The van der Waals surface area contributed by atoms with E-state index >= 15 is 0 Å². The molecule has 0 aliphatic carbocycles. The summed E-state index contributed by atoms with van der Waals surface area (Å²) < 4.78 is 13.2. The lowest BCUT2D eigenvalue weighted by atomic mass is 9.96. The number of rotatable bonds is 1. The molecule has 1 saturated heterocycles. The van der Waals surface area contributed by atoms with Crippen LogP contribution in [-0.2, 0) is 0 Å². The molecule has 0 saturated carbocycles. The molecule has 0 N–H and O–H groups in total. The zero-order chi connectivity index (χ0) is 9.61. The van der Waals surface area contributed by atoms with Gasteiger partial charge < -0.3 is 4.90 Å². The van der Waals surface area contributed by atoms with Gasteiger partial charge in [0.25, 0.3) is 0 Å². The Hall–Kier alpha value is -0.110. The smallest absolute Gasteiger partial charge is 0.110 e. The highest BCUT2D eigenvalue weighted by Gasteiger charge is 2.28. The van der Waals surface area contributed by atoms with Crippen molar-refractivity contribution in [2.45, 2.75) is 46.2 Å². The van der Waals surface area contributed by atoms with Crippen LogP contribution in [-0.4, -0.2) is 30.2 Å². The molecule has 0 unspecified atom stereocenters. The highest BCUT2D eigenvalue weighted by atomic mass is 19.1. The first-order chi connectivity index (χ1) is 5.64. The summed E-state index contributed by atoms with van der Waals surface area (Å²) in [5.74, 6) is 0. The minimum absolute atomic E-state index is 0.709. The first-order valence-electron chi connectivity index (χ1n) is 5.05. The Bertz CT molecular complexity index is 102. The monoisotopic (exact) mass is 175 g/mol. The minimum atomic E-state index is -0.883. The maximum absolute atomic E-state index is 13.2. The Morgan fingerprint density at radius 2 is 1.67 bits per heavy atom. The summed E-state index contributed by atoms with van der Waals surface area (Å²) in [7, 11) is 0. The molecule has 1 rings (SSSR count). The molecule has 0 aromatic rings. The molecule has 1 heterocycles. The fraction of sp³-hybridized carbons (Fsp3) is 1.00. The maximum atomic E-state index is 13.2. The standard InChI is InChI=1S/C8H16FN.C2H6/c1-3-10-6-4-8(2,9)5-7-10;1-2/h3-7H2,1-2H3;1-2H3. The molecular formula is C10H22FN. The van der Waals surface area contributed by atoms with Gasteiger partial charge in [-0.25, -0.2) is 4.39 Å². The van der Waals surface area contributed by atoms with Gasteiger partial charge in [-0.05, 0) is 26.3 Å². The molecule has 0 spiro atoms. The summed E-state index contributed by atoms with van der Waals surface area (Å²) in [6, 6.07) is 0. The van der Waals surface area contributed by atoms with Crippen LogP contribution in [0.1, 0.15) is 40.5 Å². The van der Waals surface area contributed by atoms with Crippen molar-refractivity contribution in [3.8, 4) is 0 Å². The van der Waals surface area contributed by atoms with Crippen LogP contribution in [0.2, 0.25) is 0 Å². The third kappa shape index (κ3) is 4.05. The first kappa shape index (κ1) is 11.9. The van der Waals surface area contributed by atoms with Crippen molar-refractivity contribution in [3.05, 3.63) is 0 Å². The molecular weight excluding hydrogens is 153 g/mol. The fourth-order valence-corrected chi connectivity index (χ4v) is 1.34. The van der Waals surface area contributed by atoms with Gasteiger partial charge in [0.2, 0.25) is 0 Å². The summed E-state index contributed by atoms with van der Waals surface area (Å²) in [6.45, 7) is 10.8. The summed E-state index contributed by atoms with van der Waals surface area (Å²) in [5.41, 5.74) is -0.883. The molecule has 1 fully saturated rings. The molecule has 0 aromatic heterocycles. The zero-order valence-electron chi connectivity index (χ0n) is 8.86. The molecule has 0 bridgehead atoms. The van der Waals surface area contributed by atoms with Crippen molar-refractivity contribution in [2.24, 2.45) is 0 Å². The van der Waals surface area contributed by atoms with Crippen molar-refractivity contribution in [2.75, 3.05) is 19.6 Å². The van der Waals surface area contributed by atoms with E-state index in [1.165, 1.54) is 0 Å². The number of hydrogen-bond donors (Lipinski definition) is 0. The minimum Gasteiger partial charge on any atom is -0.303 e. The second-order valence-corrected chi connectivity index (χ2v) is 3.35. The molecule has 0 amide bonds. The van der Waals surface area contributed by atoms with E-state index < -0.39 is 5.67 Å². The van der Waals surface area contributed by atoms with Gasteiger partial charge in [-0.3, -0.25) is 0 Å². The van der Waals surface area contributed by atoms with Crippen LogP contribution < -0.4 is 0 Å². The maximum Gasteiger partial charge on any atom is 0.110 e. The predicted molar refractivity (Wildman–Crippen MR) is 52.2 cm³/mol. The summed E-state index contributed by atoms with van der Waals surface area (Å²) in [6.07, 6.45) is 1.42. The molecule has 1 aliphatic rings. The summed E-state index contributed by atoms with van der Waals surface area (Å²) in [4.78, 5) is 2.29. The predicted octanol–water partition coefficient (Wildman–Crippen LogP) is 2.86. The number of nitrogens with zero attached hydrogens (tertiary/aromatic N) is 1. The average Bonchev–Trinajstić information content (AvgIpc) is 2.08. The molecule has 12 heavy (non-hydrogen) atoms. The van der Waals surface area contributed by atoms with Crippen LogP contribution in [0.4, 0.5) is 4.39 Å². The second-order valence-electron chi connectivity index (χ2n) is 3.35. The van der Waals surface area contributed by atoms with Crippen LogP contribution in [0.15, 0.2) is 0 Å². The molecule has 0 aromatic carbocycles. The van der Waals surface area contributed by atoms with Crippen molar-refractivity contribution < 1.29 is 4.39 Å². The van der Waals surface area contributed by atoms with E-state index in [-0.39, 0.29) is 0 Å². The van der Waals surface area contributed by atoms with Crippen LogP contribution in [0.25, 0.3) is 0 Å². The molecule has 1 aliphatic heterocycles. The first-order valence-corrected chi connectivity index (χ1v) is 5.05. The van der Waals surface area contributed by atoms with E-state index in [4.69, 9.17) is 0 Å². The number of halogens is 1. The molecule has 1 nitrogen and oxygen atoms in total. The van der Waals surface area contributed by atoms with Crippen molar-refractivity contribution in [1.82, 2.24) is 4.90 Å². The second kappa shape index (κ2) is 5.52. The van der Waals surface area contributed by atoms with Crippen LogP contribution in [0.3, 0.4) is 0 Å². The Morgan fingerprint density at radius 1 is 1.25 bits per heavy atom. The average molecular weight is 175 g/mol. The van der Waals surface area contributed by atoms with Crippen molar-refractivity contribution in [1.29, 1.82) is 0 Å². The molecule has 74 valence electrons. The van der Waals surface area contributed by atoms with Crippen LogP contribution in [0.5, 0.6) is 0 Å². The van der Waals surface area contributed by atoms with Gasteiger partial charge >= 0.3 is 0 Å². The van der Waals surface area contributed by atoms with E-state index in [1.807, 2.05) is 13.8 Å². The topological polar surface area (TPSA) is 3.24 Å². The molecule has 0 atom stereocenters. The van der Waals surface area contributed by atoms with Gasteiger partial charge in [0.15, 0.2) is 0 Å². The fourth-order valence-electron chi connectivity index (χ4n) is 1.34. The SMILES string of the molecule is CC.CCN1CCC(C)(F)CC1. The van der Waals surface area contributed by atoms with E-state index in [0.717, 1.165) is 19.6 Å². The lowest BCUT2D eigenvalue weighted by Gasteiger charge is -2.33. The van der Waals surface area contributed by atoms with Gasteiger partial charge in [0.05, 0.1) is 0 Å². The van der Waals surface area contributed by atoms with E-state index in [1.54, 1.807) is 6.92 Å². The van der Waals surface area contributed by atoms with Crippen LogP contribution >= 0.6 is 0 Å². The van der Waals surface area contributed by atoms with Gasteiger partial charge in [-0.1, -0.05) is 20.8 Å². The molecule has 2 heteroatoms. The summed E-state index contributed by atoms with van der Waals surface area (Å²) in [5, 5.41) is 0. The van der Waals surface area contributed by atoms with Gasteiger partial charge in [0, 0.05) is 13.1 Å². The van der Waals surface area contributed by atoms with Gasteiger partial charge in [-0.15, -0.1) is 0 Å². The highest BCUT2D eigenvalue weighted by Crippen LogP contribution is 2.24. The van der Waals surface area contributed by atoms with E-state index in [9.17, 15) is 4.39 Å². The van der Waals surface area contributed by atoms with Crippen molar-refractivity contribution in [3.63, 3.8) is 0 Å². The number of hydrogen-bond acceptors (Lipinski definition) is 1. The number of likely N-dealkylation sites (tertiary alicyclic amines) is 1. The summed E-state index contributed by atoms with van der Waals surface area (Å²) >= 11 is 0. The third-order valence-corrected chi connectivity index (χ3v) is 2.35. The Morgan fingerprint density at radius 3 is 2.00 bits per heavy atom. The van der Waals surface area contributed by atoms with E-state index in [0.29, 0.717) is 12.8 Å². The van der Waals surface area contributed by atoms with Crippen LogP contribution in [0, 0.1) is 0 Å². The highest BCUT2D eigenvalue weighted by molar-refractivity contribution is 4.81. The normalized spacial score (nSPS) is 22.8. The van der Waals surface area contributed by atoms with Gasteiger partial charge in [0.1, 0.15) is 5.67 Å². The lowest BCUT2D eigenvalue weighted by molar-refractivity contribution is 0.0770. The molecule has 0 radical (unpaired) electrons. The Kier molecular flexibility index (Phi) is 5.47. The number of piperidine rings is 1. The quantitative estimate of drug-likeness (QED) is 0.592. The number of alkyl halides is 1. The third-order valence-electron chi connectivity index (χ3n) is 2.35. The Balaban J connectivity index is 0.000000561. The van der Waals surface area contributed by atoms with E-state index in [2.05, 4.69) is 11.8 Å². The largest absolute Gasteiger partial charge is 0.303 e.